The molecule has 2 heterocycles. The number of halogens is 2. The average Bonchev–Trinajstić information content (AvgIpc) is 2.84. The molecule has 0 saturated carbocycles. The summed E-state index contributed by atoms with van der Waals surface area (Å²) in [5.41, 5.74) is 1.10. The van der Waals surface area contributed by atoms with Crippen LogP contribution in [0.5, 0.6) is 11.9 Å². The highest BCUT2D eigenvalue weighted by atomic mass is 79.9. The third-order valence-corrected chi connectivity index (χ3v) is 6.22. The number of hydrogen-bond donors (Lipinski definition) is 2. The molecule has 0 aliphatic carbocycles. The SMILES string of the molecule is CCCNS(=O)(=O)Nc1ncnc(OCCOCCOc2ncc(Br)cn2)c1-c1ccc(Br)cc1. The molecule has 0 unspecified atom stereocenters. The number of aromatic nitrogens is 4. The predicted octanol–water partition coefficient (Wildman–Crippen LogP) is 3.59. The van der Waals surface area contributed by atoms with Gasteiger partial charge < -0.3 is 14.2 Å². The number of anilines is 1. The quantitative estimate of drug-likeness (QED) is 0.256. The molecule has 3 aromatic rings. The molecule has 0 aliphatic rings. The van der Waals surface area contributed by atoms with E-state index in [0.29, 0.717) is 30.7 Å². The second-order valence-electron chi connectivity index (χ2n) is 6.90. The van der Waals surface area contributed by atoms with E-state index in [9.17, 15) is 8.42 Å². The predicted molar refractivity (Wildman–Crippen MR) is 138 cm³/mol. The van der Waals surface area contributed by atoms with Crippen molar-refractivity contribution < 1.29 is 22.6 Å². The first-order chi connectivity index (χ1) is 16.9. The molecule has 0 fully saturated rings. The van der Waals surface area contributed by atoms with Crippen LogP contribution in [-0.2, 0) is 14.9 Å². The van der Waals surface area contributed by atoms with Gasteiger partial charge in [-0.25, -0.2) is 19.9 Å². The molecule has 0 bridgehead atoms. The molecule has 11 nitrogen and oxygen atoms in total. The molecule has 14 heteroatoms. The summed E-state index contributed by atoms with van der Waals surface area (Å²) in [6.07, 6.45) is 5.08. The fourth-order valence-corrected chi connectivity index (χ4v) is 4.12. The Bertz CT molecular complexity index is 1180. The maximum Gasteiger partial charge on any atom is 0.316 e. The van der Waals surface area contributed by atoms with Crippen molar-refractivity contribution in [3.8, 4) is 23.0 Å². The van der Waals surface area contributed by atoms with Crippen molar-refractivity contribution in [2.24, 2.45) is 0 Å². The molecule has 35 heavy (non-hydrogen) atoms. The summed E-state index contributed by atoms with van der Waals surface area (Å²) in [6.45, 7) is 3.18. The zero-order valence-electron chi connectivity index (χ0n) is 18.8. The van der Waals surface area contributed by atoms with Crippen LogP contribution in [0.15, 0.2) is 51.9 Å². The molecule has 0 spiro atoms. The number of ether oxygens (including phenoxy) is 3. The molecule has 0 amide bonds. The molecular weight excluding hydrogens is 608 g/mol. The van der Waals surface area contributed by atoms with E-state index in [2.05, 4.69) is 61.2 Å². The van der Waals surface area contributed by atoms with Gasteiger partial charge in [-0.15, -0.1) is 0 Å². The molecule has 3 rings (SSSR count). The Morgan fingerprint density at radius 1 is 0.886 bits per heavy atom. The lowest BCUT2D eigenvalue weighted by molar-refractivity contribution is 0.0731. The van der Waals surface area contributed by atoms with Gasteiger partial charge in [-0.3, -0.25) is 4.72 Å². The molecule has 0 saturated heterocycles. The summed E-state index contributed by atoms with van der Waals surface area (Å²) >= 11 is 6.66. The number of nitrogens with one attached hydrogen (secondary N) is 2. The van der Waals surface area contributed by atoms with E-state index >= 15 is 0 Å². The molecule has 188 valence electrons. The van der Waals surface area contributed by atoms with Crippen LogP contribution >= 0.6 is 31.9 Å². The van der Waals surface area contributed by atoms with Gasteiger partial charge in [0.2, 0.25) is 5.88 Å². The third kappa shape index (κ3) is 8.96. The lowest BCUT2D eigenvalue weighted by Gasteiger charge is -2.16. The fourth-order valence-electron chi connectivity index (χ4n) is 2.70. The topological polar surface area (TPSA) is 137 Å². The van der Waals surface area contributed by atoms with Crippen LogP contribution in [0.25, 0.3) is 11.1 Å². The van der Waals surface area contributed by atoms with Crippen LogP contribution in [-0.4, -0.2) is 61.3 Å². The molecule has 0 atom stereocenters. The van der Waals surface area contributed by atoms with Gasteiger partial charge in [-0.1, -0.05) is 35.0 Å². The van der Waals surface area contributed by atoms with Gasteiger partial charge in [-0.05, 0) is 40.0 Å². The minimum absolute atomic E-state index is 0.102. The number of benzene rings is 1. The van der Waals surface area contributed by atoms with Crippen LogP contribution in [0.3, 0.4) is 0 Å². The third-order valence-electron chi connectivity index (χ3n) is 4.24. The standard InChI is InChI=1S/C21H24Br2N6O5S/c1-2-7-28-35(30,31)29-19-18(15-3-5-16(22)6-4-15)20(27-14-26-19)33-10-8-32-9-11-34-21-24-12-17(23)13-25-21/h3-6,12-14,28H,2,7-11H2,1H3,(H,26,27,29). The Morgan fingerprint density at radius 3 is 2.26 bits per heavy atom. The summed E-state index contributed by atoms with van der Waals surface area (Å²) < 4.78 is 48.1. The van der Waals surface area contributed by atoms with E-state index < -0.39 is 10.2 Å². The molecule has 2 N–H and O–H groups in total. The highest BCUT2D eigenvalue weighted by molar-refractivity contribution is 9.10. The molecule has 1 aromatic carbocycles. The van der Waals surface area contributed by atoms with Crippen molar-refractivity contribution in [3.63, 3.8) is 0 Å². The van der Waals surface area contributed by atoms with Gasteiger partial charge in [0.25, 0.3) is 10.2 Å². The van der Waals surface area contributed by atoms with E-state index in [0.717, 1.165) is 8.95 Å². The average molecular weight is 632 g/mol. The Balaban J connectivity index is 1.62. The smallest absolute Gasteiger partial charge is 0.316 e. The summed E-state index contributed by atoms with van der Waals surface area (Å²) in [6, 6.07) is 7.54. The minimum atomic E-state index is -3.82. The number of rotatable bonds is 14. The Labute approximate surface area is 220 Å². The number of hydrogen-bond acceptors (Lipinski definition) is 9. The zero-order valence-corrected chi connectivity index (χ0v) is 22.8. The van der Waals surface area contributed by atoms with Crippen molar-refractivity contribution in [2.45, 2.75) is 13.3 Å². The van der Waals surface area contributed by atoms with Crippen LogP contribution in [0.1, 0.15) is 13.3 Å². The lowest BCUT2D eigenvalue weighted by Crippen LogP contribution is -2.31. The maximum absolute atomic E-state index is 12.4. The summed E-state index contributed by atoms with van der Waals surface area (Å²) in [5, 5.41) is 0. The molecule has 0 radical (unpaired) electrons. The van der Waals surface area contributed by atoms with Gasteiger partial charge in [-0.2, -0.15) is 13.1 Å². The van der Waals surface area contributed by atoms with Crippen LogP contribution in [0.2, 0.25) is 0 Å². The van der Waals surface area contributed by atoms with E-state index in [1.54, 1.807) is 12.4 Å². The first-order valence-electron chi connectivity index (χ1n) is 10.6. The summed E-state index contributed by atoms with van der Waals surface area (Å²) in [7, 11) is -3.82. The van der Waals surface area contributed by atoms with Crippen molar-refractivity contribution in [1.29, 1.82) is 0 Å². The molecule has 2 aromatic heterocycles. The summed E-state index contributed by atoms with van der Waals surface area (Å²) in [5.74, 6) is 0.323. The Morgan fingerprint density at radius 2 is 1.57 bits per heavy atom. The van der Waals surface area contributed by atoms with Gasteiger partial charge in [0, 0.05) is 23.4 Å². The van der Waals surface area contributed by atoms with Crippen LogP contribution in [0, 0.1) is 0 Å². The van der Waals surface area contributed by atoms with Crippen molar-refractivity contribution >= 4 is 47.9 Å². The van der Waals surface area contributed by atoms with Gasteiger partial charge in [0.15, 0.2) is 5.82 Å². The maximum atomic E-state index is 12.4. The van der Waals surface area contributed by atoms with E-state index in [1.807, 2.05) is 31.2 Å². The van der Waals surface area contributed by atoms with E-state index in [4.69, 9.17) is 14.2 Å². The van der Waals surface area contributed by atoms with Crippen LogP contribution in [0.4, 0.5) is 5.82 Å². The minimum Gasteiger partial charge on any atom is -0.475 e. The Hall–Kier alpha value is -2.39. The monoisotopic (exact) mass is 630 g/mol. The fraction of sp³-hybridized carbons (Fsp3) is 0.333. The first-order valence-corrected chi connectivity index (χ1v) is 13.6. The van der Waals surface area contributed by atoms with Gasteiger partial charge in [0.05, 0.1) is 23.2 Å². The van der Waals surface area contributed by atoms with Crippen LogP contribution < -0.4 is 18.9 Å². The first kappa shape index (κ1) is 27.2. The van der Waals surface area contributed by atoms with Crippen molar-refractivity contribution in [1.82, 2.24) is 24.7 Å². The largest absolute Gasteiger partial charge is 0.475 e. The highest BCUT2D eigenvalue weighted by Crippen LogP contribution is 2.34. The van der Waals surface area contributed by atoms with E-state index in [1.165, 1.54) is 6.33 Å². The second-order valence-corrected chi connectivity index (χ2v) is 10.2. The highest BCUT2D eigenvalue weighted by Gasteiger charge is 2.19. The normalized spacial score (nSPS) is 11.3. The molecular formula is C21H24Br2N6O5S. The van der Waals surface area contributed by atoms with E-state index in [-0.39, 0.29) is 37.5 Å². The Kier molecular flexibility index (Phi) is 10.6. The van der Waals surface area contributed by atoms with Crippen molar-refractivity contribution in [2.75, 3.05) is 37.7 Å². The van der Waals surface area contributed by atoms with Gasteiger partial charge >= 0.3 is 6.01 Å². The van der Waals surface area contributed by atoms with Gasteiger partial charge in [0.1, 0.15) is 19.5 Å². The molecule has 0 aliphatic heterocycles. The second kappa shape index (κ2) is 13.6. The lowest BCUT2D eigenvalue weighted by atomic mass is 10.1. The zero-order chi connectivity index (χ0) is 25.1. The number of nitrogens with zero attached hydrogens (tertiary/aromatic N) is 4. The summed E-state index contributed by atoms with van der Waals surface area (Å²) in [4.78, 5) is 16.4. The van der Waals surface area contributed by atoms with Crippen molar-refractivity contribution in [3.05, 3.63) is 51.9 Å².